The monoisotopic (exact) mass is 241 g/mol. The Morgan fingerprint density at radius 1 is 1.38 bits per heavy atom. The number of rotatable bonds is 2. The van der Waals surface area contributed by atoms with Crippen LogP contribution in [0.15, 0.2) is 22.7 Å². The molecule has 13 heavy (non-hydrogen) atoms. The van der Waals surface area contributed by atoms with E-state index in [1.807, 2.05) is 13.8 Å². The molecule has 1 aromatic rings. The van der Waals surface area contributed by atoms with E-state index in [9.17, 15) is 0 Å². The maximum absolute atomic E-state index is 5.97. The fraction of sp³-hybridized carbons (Fsp3) is 0.455. The van der Waals surface area contributed by atoms with Crippen LogP contribution in [0, 0.1) is 6.92 Å². The summed E-state index contributed by atoms with van der Waals surface area (Å²) in [7, 11) is 0. The second-order valence-corrected chi connectivity index (χ2v) is 5.04. The fourth-order valence-corrected chi connectivity index (χ4v) is 1.74. The van der Waals surface area contributed by atoms with Crippen LogP contribution in [0.5, 0.6) is 0 Å². The van der Waals surface area contributed by atoms with Gasteiger partial charge in [0, 0.05) is 10.0 Å². The van der Waals surface area contributed by atoms with Gasteiger partial charge in [-0.15, -0.1) is 0 Å². The molecule has 0 aliphatic carbocycles. The van der Waals surface area contributed by atoms with E-state index in [1.165, 1.54) is 11.1 Å². The maximum atomic E-state index is 5.97. The van der Waals surface area contributed by atoms with Gasteiger partial charge in [0.15, 0.2) is 0 Å². The molecule has 1 aromatic carbocycles. The molecule has 0 unspecified atom stereocenters. The van der Waals surface area contributed by atoms with Crippen molar-refractivity contribution in [1.82, 2.24) is 0 Å². The van der Waals surface area contributed by atoms with Gasteiger partial charge in [0.1, 0.15) is 0 Å². The summed E-state index contributed by atoms with van der Waals surface area (Å²) in [5.74, 6) is 0. The third-order valence-electron chi connectivity index (χ3n) is 2.03. The minimum Gasteiger partial charge on any atom is -0.325 e. The van der Waals surface area contributed by atoms with E-state index in [2.05, 4.69) is 41.1 Å². The topological polar surface area (TPSA) is 26.0 Å². The van der Waals surface area contributed by atoms with Crippen molar-refractivity contribution in [3.8, 4) is 0 Å². The van der Waals surface area contributed by atoms with Crippen molar-refractivity contribution < 1.29 is 0 Å². The average molecular weight is 242 g/mol. The van der Waals surface area contributed by atoms with Crippen molar-refractivity contribution in [3.63, 3.8) is 0 Å². The molecule has 0 aliphatic rings. The molecule has 0 aromatic heterocycles. The van der Waals surface area contributed by atoms with Crippen molar-refractivity contribution in [2.75, 3.05) is 0 Å². The Balaban J connectivity index is 2.96. The van der Waals surface area contributed by atoms with E-state index < -0.39 is 0 Å². The highest BCUT2D eigenvalue weighted by molar-refractivity contribution is 9.10. The summed E-state index contributed by atoms with van der Waals surface area (Å²) in [5.41, 5.74) is 8.45. The molecule has 0 atom stereocenters. The molecule has 0 spiro atoms. The third kappa shape index (κ3) is 3.12. The van der Waals surface area contributed by atoms with E-state index >= 15 is 0 Å². The zero-order valence-electron chi connectivity index (χ0n) is 8.39. The van der Waals surface area contributed by atoms with E-state index in [4.69, 9.17) is 5.73 Å². The van der Waals surface area contributed by atoms with Gasteiger partial charge in [-0.3, -0.25) is 0 Å². The van der Waals surface area contributed by atoms with Crippen molar-refractivity contribution in [3.05, 3.63) is 33.8 Å². The molecule has 0 heterocycles. The van der Waals surface area contributed by atoms with E-state index in [0.29, 0.717) is 0 Å². The van der Waals surface area contributed by atoms with Crippen LogP contribution in [0.1, 0.15) is 25.0 Å². The normalized spacial score (nSPS) is 11.8. The molecule has 0 bridgehead atoms. The quantitative estimate of drug-likeness (QED) is 0.847. The predicted octanol–water partition coefficient (Wildman–Crippen LogP) is 3.04. The van der Waals surface area contributed by atoms with Gasteiger partial charge in [-0.1, -0.05) is 28.1 Å². The first-order valence-corrected chi connectivity index (χ1v) is 5.22. The van der Waals surface area contributed by atoms with Gasteiger partial charge in [0.2, 0.25) is 0 Å². The van der Waals surface area contributed by atoms with Crippen LogP contribution in [0.3, 0.4) is 0 Å². The SMILES string of the molecule is Cc1c(Br)cccc1CC(C)(C)N. The zero-order valence-corrected chi connectivity index (χ0v) is 9.98. The highest BCUT2D eigenvalue weighted by Crippen LogP contribution is 2.22. The second-order valence-electron chi connectivity index (χ2n) is 4.19. The van der Waals surface area contributed by atoms with Gasteiger partial charge in [0.25, 0.3) is 0 Å². The second kappa shape index (κ2) is 3.81. The van der Waals surface area contributed by atoms with Gasteiger partial charge < -0.3 is 5.73 Å². The lowest BCUT2D eigenvalue weighted by molar-refractivity contribution is 0.515. The predicted molar refractivity (Wildman–Crippen MR) is 60.8 cm³/mol. The maximum Gasteiger partial charge on any atom is 0.0207 e. The van der Waals surface area contributed by atoms with Crippen molar-refractivity contribution >= 4 is 15.9 Å². The fourth-order valence-electron chi connectivity index (χ4n) is 1.33. The van der Waals surface area contributed by atoms with Crippen LogP contribution in [0.25, 0.3) is 0 Å². The molecule has 1 rings (SSSR count). The smallest absolute Gasteiger partial charge is 0.0207 e. The van der Waals surface area contributed by atoms with Crippen molar-refractivity contribution in [2.45, 2.75) is 32.7 Å². The first kappa shape index (κ1) is 10.7. The van der Waals surface area contributed by atoms with Crippen LogP contribution in [0.4, 0.5) is 0 Å². The van der Waals surface area contributed by atoms with Gasteiger partial charge in [0.05, 0.1) is 0 Å². The van der Waals surface area contributed by atoms with Gasteiger partial charge >= 0.3 is 0 Å². The number of nitrogens with two attached hydrogens (primary N) is 1. The van der Waals surface area contributed by atoms with Crippen LogP contribution in [0.2, 0.25) is 0 Å². The molecule has 72 valence electrons. The van der Waals surface area contributed by atoms with E-state index in [1.54, 1.807) is 0 Å². The standard InChI is InChI=1S/C11H16BrN/c1-8-9(7-11(2,3)13)5-4-6-10(8)12/h4-6H,7,13H2,1-3H3. The summed E-state index contributed by atoms with van der Waals surface area (Å²) in [6.45, 7) is 6.21. The number of hydrogen-bond donors (Lipinski definition) is 1. The lowest BCUT2D eigenvalue weighted by Gasteiger charge is -2.20. The summed E-state index contributed by atoms with van der Waals surface area (Å²) < 4.78 is 1.16. The molecule has 2 heteroatoms. The molecule has 2 N–H and O–H groups in total. The van der Waals surface area contributed by atoms with Crippen LogP contribution < -0.4 is 5.73 Å². The lowest BCUT2D eigenvalue weighted by Crippen LogP contribution is -2.34. The average Bonchev–Trinajstić information content (AvgIpc) is 1.96. The first-order valence-electron chi connectivity index (χ1n) is 4.43. The Kier molecular flexibility index (Phi) is 3.14. The molecule has 0 fully saturated rings. The molecule has 0 saturated heterocycles. The molecule has 0 saturated carbocycles. The molecular weight excluding hydrogens is 226 g/mol. The van der Waals surface area contributed by atoms with Crippen LogP contribution >= 0.6 is 15.9 Å². The van der Waals surface area contributed by atoms with Crippen molar-refractivity contribution in [2.24, 2.45) is 5.73 Å². The molecule has 0 radical (unpaired) electrons. The Hall–Kier alpha value is -0.340. The Bertz CT molecular complexity index is 299. The highest BCUT2D eigenvalue weighted by atomic mass is 79.9. The Morgan fingerprint density at radius 3 is 2.54 bits per heavy atom. The van der Waals surface area contributed by atoms with Gasteiger partial charge in [-0.05, 0) is 44.4 Å². The molecule has 1 nitrogen and oxygen atoms in total. The number of hydrogen-bond acceptors (Lipinski definition) is 1. The number of benzene rings is 1. The van der Waals surface area contributed by atoms with Crippen LogP contribution in [-0.2, 0) is 6.42 Å². The minimum atomic E-state index is -0.133. The third-order valence-corrected chi connectivity index (χ3v) is 2.89. The zero-order chi connectivity index (χ0) is 10.1. The Labute approximate surface area is 88.5 Å². The van der Waals surface area contributed by atoms with Crippen molar-refractivity contribution in [1.29, 1.82) is 0 Å². The summed E-state index contributed by atoms with van der Waals surface area (Å²) in [5, 5.41) is 0. The van der Waals surface area contributed by atoms with Gasteiger partial charge in [-0.25, -0.2) is 0 Å². The first-order chi connectivity index (χ1) is 5.90. The highest BCUT2D eigenvalue weighted by Gasteiger charge is 2.13. The molecular formula is C11H16BrN. The van der Waals surface area contributed by atoms with Crippen LogP contribution in [-0.4, -0.2) is 5.54 Å². The van der Waals surface area contributed by atoms with E-state index in [-0.39, 0.29) is 5.54 Å². The molecule has 0 aliphatic heterocycles. The minimum absolute atomic E-state index is 0.133. The molecule has 0 amide bonds. The van der Waals surface area contributed by atoms with Gasteiger partial charge in [-0.2, -0.15) is 0 Å². The lowest BCUT2D eigenvalue weighted by atomic mass is 9.93. The summed E-state index contributed by atoms with van der Waals surface area (Å²) in [6.07, 6.45) is 0.915. The summed E-state index contributed by atoms with van der Waals surface area (Å²) in [4.78, 5) is 0. The Morgan fingerprint density at radius 2 is 2.00 bits per heavy atom. The van der Waals surface area contributed by atoms with E-state index in [0.717, 1.165) is 10.9 Å². The largest absolute Gasteiger partial charge is 0.325 e. The summed E-state index contributed by atoms with van der Waals surface area (Å²) >= 11 is 3.51. The summed E-state index contributed by atoms with van der Waals surface area (Å²) in [6, 6.07) is 6.25. The number of halogens is 1.